The summed E-state index contributed by atoms with van der Waals surface area (Å²) in [6, 6.07) is 8.25. The number of nitrogens with two attached hydrogens (primary N) is 1. The molecule has 222 valence electrons. The molecule has 2 aromatic rings. The summed E-state index contributed by atoms with van der Waals surface area (Å²) >= 11 is 0. The van der Waals surface area contributed by atoms with Crippen LogP contribution < -0.4 is 15.5 Å². The Morgan fingerprint density at radius 1 is 1.00 bits per heavy atom. The van der Waals surface area contributed by atoms with E-state index >= 15 is 0 Å². The number of primary amides is 1. The van der Waals surface area contributed by atoms with Crippen LogP contribution in [0.1, 0.15) is 22.3 Å². The van der Waals surface area contributed by atoms with E-state index in [1.807, 2.05) is 68.3 Å². The van der Waals surface area contributed by atoms with Crippen molar-refractivity contribution in [2.45, 2.75) is 24.5 Å². The number of fused-ring (bicyclic) bond motifs is 3. The van der Waals surface area contributed by atoms with E-state index in [2.05, 4.69) is 0 Å². The number of aromatic hydroxyl groups is 1. The molecule has 0 aliphatic heterocycles. The zero-order valence-electron chi connectivity index (χ0n) is 24.5. The zero-order valence-corrected chi connectivity index (χ0v) is 24.5. The number of amides is 1. The number of allylic oxidation sites excluding steroid dienone is 1. The number of hydrogen-bond donors (Lipinski definition) is 5. The molecule has 0 fully saturated rings. The maximum Gasteiger partial charge on any atom is 0.255 e. The lowest BCUT2D eigenvalue weighted by Crippen LogP contribution is -2.63. The molecule has 0 bridgehead atoms. The summed E-state index contributed by atoms with van der Waals surface area (Å²) in [5.41, 5.74) is 4.93. The topological polar surface area (TPSA) is 168 Å². The monoisotopic (exact) mass is 576 g/mol. The van der Waals surface area contributed by atoms with Gasteiger partial charge >= 0.3 is 0 Å². The SMILES string of the molecule is CN(C)c1cccc(-c2cc(N(C)C)c3c(c2O)C(=O)C2=C(O)[C@]4(O)C(=O)C(C(N)=O)=C(O)[C@H](N(C)C)[C@@H]4C[C@@H]2C3)c1. The highest BCUT2D eigenvalue weighted by molar-refractivity contribution is 6.25. The normalized spacial score (nSPS) is 25.3. The molecule has 42 heavy (non-hydrogen) atoms. The molecule has 0 saturated heterocycles. The number of aliphatic hydroxyl groups excluding tert-OH is 2. The molecule has 6 N–H and O–H groups in total. The highest BCUT2D eigenvalue weighted by atomic mass is 16.3. The van der Waals surface area contributed by atoms with E-state index in [1.54, 1.807) is 14.1 Å². The van der Waals surface area contributed by atoms with E-state index in [0.717, 1.165) is 5.69 Å². The van der Waals surface area contributed by atoms with Crippen molar-refractivity contribution in [3.63, 3.8) is 0 Å². The molecule has 1 amide bonds. The van der Waals surface area contributed by atoms with Gasteiger partial charge in [0.05, 0.1) is 11.6 Å². The lowest BCUT2D eigenvalue weighted by atomic mass is 9.58. The summed E-state index contributed by atoms with van der Waals surface area (Å²) < 4.78 is 0. The van der Waals surface area contributed by atoms with Gasteiger partial charge in [0.15, 0.2) is 11.4 Å². The molecular formula is C31H36N4O7. The van der Waals surface area contributed by atoms with Gasteiger partial charge in [-0.1, -0.05) is 12.1 Å². The lowest BCUT2D eigenvalue weighted by molar-refractivity contribution is -0.148. The minimum atomic E-state index is -2.68. The molecule has 3 aliphatic carbocycles. The van der Waals surface area contributed by atoms with Crippen molar-refractivity contribution in [3.8, 4) is 16.9 Å². The van der Waals surface area contributed by atoms with Gasteiger partial charge in [-0.2, -0.15) is 0 Å². The molecule has 0 radical (unpaired) electrons. The molecule has 0 saturated carbocycles. The van der Waals surface area contributed by atoms with Crippen molar-refractivity contribution in [1.82, 2.24) is 4.90 Å². The van der Waals surface area contributed by atoms with Crippen LogP contribution in [0.15, 0.2) is 53.0 Å². The molecule has 5 rings (SSSR count). The number of Topliss-reactive ketones (excluding diaryl/α,β-unsaturated/α-hetero) is 2. The van der Waals surface area contributed by atoms with Crippen molar-refractivity contribution in [2.75, 3.05) is 52.1 Å². The number of ketones is 2. The van der Waals surface area contributed by atoms with Gasteiger partial charge in [0.2, 0.25) is 5.78 Å². The van der Waals surface area contributed by atoms with Crippen molar-refractivity contribution >= 4 is 28.8 Å². The van der Waals surface area contributed by atoms with Gasteiger partial charge < -0.3 is 36.0 Å². The van der Waals surface area contributed by atoms with Gasteiger partial charge in [0, 0.05) is 56.6 Å². The quantitative estimate of drug-likeness (QED) is 0.332. The van der Waals surface area contributed by atoms with E-state index in [-0.39, 0.29) is 29.7 Å². The lowest BCUT2D eigenvalue weighted by Gasteiger charge is -2.50. The molecule has 0 heterocycles. The second-order valence-electron chi connectivity index (χ2n) is 11.9. The Kier molecular flexibility index (Phi) is 6.86. The van der Waals surface area contributed by atoms with E-state index in [0.29, 0.717) is 22.4 Å². The Hall–Kier alpha value is -4.35. The van der Waals surface area contributed by atoms with Crippen LogP contribution in [0.4, 0.5) is 11.4 Å². The summed E-state index contributed by atoms with van der Waals surface area (Å²) in [7, 11) is 10.6. The third-order valence-electron chi connectivity index (χ3n) is 8.85. The van der Waals surface area contributed by atoms with Crippen LogP contribution in [0.3, 0.4) is 0 Å². The van der Waals surface area contributed by atoms with Crippen LogP contribution >= 0.6 is 0 Å². The van der Waals surface area contributed by atoms with Crippen LogP contribution in [-0.2, 0) is 16.0 Å². The molecule has 0 spiro atoms. The van der Waals surface area contributed by atoms with Gasteiger partial charge in [-0.3, -0.25) is 19.3 Å². The first-order valence-corrected chi connectivity index (χ1v) is 13.6. The number of phenols is 1. The Labute approximate surface area is 243 Å². The maximum absolute atomic E-state index is 14.2. The van der Waals surface area contributed by atoms with Crippen molar-refractivity contribution in [3.05, 3.63) is 64.1 Å². The Balaban J connectivity index is 1.75. The second kappa shape index (κ2) is 9.88. The number of hydrogen-bond acceptors (Lipinski definition) is 10. The molecule has 11 nitrogen and oxygen atoms in total. The molecule has 0 aromatic heterocycles. The number of anilines is 2. The fourth-order valence-electron chi connectivity index (χ4n) is 6.87. The summed E-state index contributed by atoms with van der Waals surface area (Å²) in [4.78, 5) is 45.3. The number of rotatable bonds is 5. The second-order valence-corrected chi connectivity index (χ2v) is 11.9. The number of likely N-dealkylation sites (N-methyl/N-ethyl adjacent to an activating group) is 1. The Morgan fingerprint density at radius 2 is 1.67 bits per heavy atom. The first-order valence-electron chi connectivity index (χ1n) is 13.6. The number of benzene rings is 2. The van der Waals surface area contributed by atoms with Crippen LogP contribution in [0.25, 0.3) is 11.1 Å². The van der Waals surface area contributed by atoms with Crippen molar-refractivity contribution in [1.29, 1.82) is 0 Å². The summed E-state index contributed by atoms with van der Waals surface area (Å²) in [6.07, 6.45) is 0.250. The number of carbonyl (C=O) groups is 3. The van der Waals surface area contributed by atoms with Gasteiger partial charge in [-0.15, -0.1) is 0 Å². The molecular weight excluding hydrogens is 540 g/mol. The minimum absolute atomic E-state index is 0.0211. The highest BCUT2D eigenvalue weighted by Gasteiger charge is 2.63. The average Bonchev–Trinajstić information content (AvgIpc) is 2.90. The third-order valence-corrected chi connectivity index (χ3v) is 8.85. The Morgan fingerprint density at radius 3 is 2.24 bits per heavy atom. The Bertz CT molecular complexity index is 1610. The summed E-state index contributed by atoms with van der Waals surface area (Å²) in [5.74, 6) is -6.70. The number of aliphatic hydroxyl groups is 3. The average molecular weight is 577 g/mol. The van der Waals surface area contributed by atoms with Gasteiger partial charge in [-0.05, 0) is 62.2 Å². The first kappa shape index (κ1) is 29.2. The molecule has 4 atom stereocenters. The zero-order chi connectivity index (χ0) is 31.0. The molecule has 0 unspecified atom stereocenters. The largest absolute Gasteiger partial charge is 0.510 e. The van der Waals surface area contributed by atoms with E-state index in [1.165, 1.54) is 4.90 Å². The highest BCUT2D eigenvalue weighted by Crippen LogP contribution is 2.54. The number of nitrogens with zero attached hydrogens (tertiary/aromatic N) is 3. The smallest absolute Gasteiger partial charge is 0.255 e. The van der Waals surface area contributed by atoms with E-state index in [4.69, 9.17) is 5.73 Å². The van der Waals surface area contributed by atoms with E-state index < -0.39 is 58.0 Å². The van der Waals surface area contributed by atoms with E-state index in [9.17, 15) is 34.8 Å². The molecule has 11 heteroatoms. The maximum atomic E-state index is 14.2. The van der Waals surface area contributed by atoms with Gasteiger partial charge in [0.1, 0.15) is 22.8 Å². The summed E-state index contributed by atoms with van der Waals surface area (Å²) in [6.45, 7) is 0. The number of phenolic OH excluding ortho intramolecular Hbond substituents is 1. The fraction of sp³-hybridized carbons (Fsp3) is 0.387. The molecule has 3 aliphatic rings. The fourth-order valence-corrected chi connectivity index (χ4v) is 6.87. The first-order chi connectivity index (χ1) is 19.6. The third kappa shape index (κ3) is 3.98. The van der Waals surface area contributed by atoms with Gasteiger partial charge in [0.25, 0.3) is 5.91 Å². The number of carbonyl (C=O) groups excluding carboxylic acids is 3. The minimum Gasteiger partial charge on any atom is -0.510 e. The summed E-state index contributed by atoms with van der Waals surface area (Å²) in [5, 5.41) is 45.9. The standard InChI is InChI=1S/C31H36N4O7/c1-33(2)16-9-7-8-14(10-16)17-13-20(34(3)4)18-11-15-12-19-24(35(5)6)27(38)23(30(32)41)29(40)31(19,42)28(39)21(15)26(37)22(18)25(17)36/h7-10,13,15,19,24,36,38-39,42H,11-12H2,1-6H3,(H2,32,41)/t15-,19-,24+,31-/m0/s1. The van der Waals surface area contributed by atoms with Crippen molar-refractivity contribution in [2.24, 2.45) is 17.6 Å². The van der Waals surface area contributed by atoms with Crippen LogP contribution in [-0.4, -0.2) is 96.7 Å². The predicted octanol–water partition coefficient (Wildman–Crippen LogP) is 1.92. The van der Waals surface area contributed by atoms with Crippen LogP contribution in [0.5, 0.6) is 5.75 Å². The van der Waals surface area contributed by atoms with Gasteiger partial charge in [-0.25, -0.2) is 0 Å². The predicted molar refractivity (Wildman–Crippen MR) is 158 cm³/mol. The molecule has 2 aromatic carbocycles. The van der Waals surface area contributed by atoms with Crippen LogP contribution in [0, 0.1) is 11.8 Å². The van der Waals surface area contributed by atoms with Crippen molar-refractivity contribution < 1.29 is 34.8 Å². The van der Waals surface area contributed by atoms with Crippen LogP contribution in [0.2, 0.25) is 0 Å².